The zero-order valence-electron chi connectivity index (χ0n) is 17.1. The summed E-state index contributed by atoms with van der Waals surface area (Å²) in [5.41, 5.74) is 3.99. The number of hydrogen-bond donors (Lipinski definition) is 0. The first-order valence-electron chi connectivity index (χ1n) is 11.3. The lowest BCUT2D eigenvalue weighted by molar-refractivity contribution is -0.0977. The molecule has 7 heteroatoms. The predicted octanol–water partition coefficient (Wildman–Crippen LogP) is 3.04. The lowest BCUT2D eigenvalue weighted by Gasteiger charge is -2.61. The minimum absolute atomic E-state index is 0.318. The fourth-order valence-corrected chi connectivity index (χ4v) is 7.26. The second kappa shape index (κ2) is 6.26. The molecule has 1 aromatic carbocycles. The van der Waals surface area contributed by atoms with Crippen LogP contribution in [0.1, 0.15) is 43.6 Å². The summed E-state index contributed by atoms with van der Waals surface area (Å²) in [5.74, 6) is 3.31. The van der Waals surface area contributed by atoms with Crippen molar-refractivity contribution in [1.29, 1.82) is 0 Å². The van der Waals surface area contributed by atoms with Gasteiger partial charge in [0.15, 0.2) is 0 Å². The summed E-state index contributed by atoms with van der Waals surface area (Å²) in [6.07, 6.45) is 12.4. The first kappa shape index (κ1) is 17.7. The van der Waals surface area contributed by atoms with Gasteiger partial charge < -0.3 is 0 Å². The van der Waals surface area contributed by atoms with Crippen molar-refractivity contribution in [2.24, 2.45) is 5.92 Å². The Balaban J connectivity index is 1.13. The van der Waals surface area contributed by atoms with Gasteiger partial charge in [-0.2, -0.15) is 10.2 Å². The summed E-state index contributed by atoms with van der Waals surface area (Å²) in [6.45, 7) is 2.25. The van der Waals surface area contributed by atoms with E-state index in [1.807, 2.05) is 12.4 Å². The van der Waals surface area contributed by atoms with Crippen LogP contribution in [0.15, 0.2) is 36.8 Å². The van der Waals surface area contributed by atoms with Crippen molar-refractivity contribution in [3.8, 4) is 5.69 Å². The second-order valence-electron chi connectivity index (χ2n) is 9.96. The molecule has 30 heavy (non-hydrogen) atoms. The van der Waals surface area contributed by atoms with Crippen molar-refractivity contribution in [2.75, 3.05) is 24.6 Å². The van der Waals surface area contributed by atoms with Crippen LogP contribution in [0.4, 0.5) is 0 Å². The molecule has 0 unspecified atom stereocenters. The highest BCUT2D eigenvalue weighted by Crippen LogP contribution is 2.62. The molecule has 0 amide bonds. The van der Waals surface area contributed by atoms with E-state index >= 15 is 0 Å². The molecule has 0 atom stereocenters. The van der Waals surface area contributed by atoms with Gasteiger partial charge in [0.2, 0.25) is 0 Å². The standard InChI is InChI=1S/C23H27N5OS/c29-30-14-21(15-30)26-5-3-17(4-6-26)18-1-2-19-11-25-28(22(19)7-18)20-12-24-27(13-20)23-8-16(9-23)10-23/h1-2,7,11-13,16-17,21H,3-6,8-10,14-15H2. The topological polar surface area (TPSA) is 56.0 Å². The molecule has 2 aromatic heterocycles. The Morgan fingerprint density at radius 3 is 2.53 bits per heavy atom. The number of rotatable bonds is 4. The van der Waals surface area contributed by atoms with Crippen molar-refractivity contribution in [3.05, 3.63) is 42.4 Å². The highest BCUT2D eigenvalue weighted by molar-refractivity contribution is 7.86. The molecule has 3 aromatic rings. The van der Waals surface area contributed by atoms with Gasteiger partial charge in [-0.05, 0) is 68.7 Å². The van der Waals surface area contributed by atoms with Gasteiger partial charge >= 0.3 is 0 Å². The predicted molar refractivity (Wildman–Crippen MR) is 117 cm³/mol. The summed E-state index contributed by atoms with van der Waals surface area (Å²) in [4.78, 5) is 2.56. The normalized spacial score (nSPS) is 33.8. The fourth-order valence-electron chi connectivity index (χ4n) is 6.08. The van der Waals surface area contributed by atoms with Gasteiger partial charge in [0, 0.05) is 33.7 Å². The first-order chi connectivity index (χ1) is 14.7. The van der Waals surface area contributed by atoms with Crippen molar-refractivity contribution >= 4 is 21.7 Å². The molecule has 5 aliphatic rings. The van der Waals surface area contributed by atoms with Gasteiger partial charge in [-0.25, -0.2) is 4.68 Å². The van der Waals surface area contributed by atoms with Crippen molar-refractivity contribution < 1.29 is 4.21 Å². The Hall–Kier alpha value is -1.99. The molecular weight excluding hydrogens is 394 g/mol. The molecule has 156 valence electrons. The van der Waals surface area contributed by atoms with Gasteiger partial charge in [0.1, 0.15) is 5.69 Å². The molecule has 8 rings (SSSR count). The van der Waals surface area contributed by atoms with E-state index in [0.29, 0.717) is 17.5 Å². The van der Waals surface area contributed by atoms with Crippen LogP contribution in [0.3, 0.4) is 0 Å². The van der Waals surface area contributed by atoms with Gasteiger partial charge in [-0.15, -0.1) is 0 Å². The average Bonchev–Trinajstić information content (AvgIpc) is 3.30. The van der Waals surface area contributed by atoms with Gasteiger partial charge in [-0.3, -0.25) is 13.8 Å². The molecule has 2 bridgehead atoms. The summed E-state index contributed by atoms with van der Waals surface area (Å²) >= 11 is 0. The number of likely N-dealkylation sites (tertiary alicyclic amines) is 1. The highest BCUT2D eigenvalue weighted by Gasteiger charge is 2.58. The largest absolute Gasteiger partial charge is 0.299 e. The Morgan fingerprint density at radius 1 is 1.03 bits per heavy atom. The number of aromatic nitrogens is 4. The third-order valence-corrected chi connectivity index (χ3v) is 9.69. The Kier molecular flexibility index (Phi) is 3.69. The monoisotopic (exact) mass is 421 g/mol. The molecule has 6 nitrogen and oxygen atoms in total. The minimum atomic E-state index is -0.557. The number of piperidine rings is 1. The SMILES string of the molecule is O=S1CC(N2CCC(c3ccc4cnn(-c5cnn(C67CC(C6)C7)c5)c4c3)CC2)C1. The van der Waals surface area contributed by atoms with Crippen LogP contribution in [0.5, 0.6) is 0 Å². The van der Waals surface area contributed by atoms with Crippen molar-refractivity contribution in [1.82, 2.24) is 24.5 Å². The summed E-state index contributed by atoms with van der Waals surface area (Å²) in [5, 5.41) is 10.6. The van der Waals surface area contributed by atoms with E-state index in [1.54, 1.807) is 0 Å². The molecule has 3 saturated carbocycles. The molecule has 0 radical (unpaired) electrons. The fraction of sp³-hybridized carbons (Fsp3) is 0.565. The molecule has 2 aliphatic heterocycles. The highest BCUT2D eigenvalue weighted by atomic mass is 32.2. The van der Waals surface area contributed by atoms with Gasteiger partial charge in [0.05, 0.1) is 29.6 Å². The van der Waals surface area contributed by atoms with Crippen LogP contribution >= 0.6 is 0 Å². The second-order valence-corrected chi connectivity index (χ2v) is 11.5. The van der Waals surface area contributed by atoms with E-state index < -0.39 is 10.8 Å². The van der Waals surface area contributed by atoms with Crippen molar-refractivity contribution in [2.45, 2.75) is 49.6 Å². The molecule has 2 saturated heterocycles. The summed E-state index contributed by atoms with van der Waals surface area (Å²) < 4.78 is 15.7. The lowest BCUT2D eigenvalue weighted by Crippen LogP contribution is -2.59. The number of fused-ring (bicyclic) bond motifs is 1. The van der Waals surface area contributed by atoms with E-state index in [4.69, 9.17) is 10.2 Å². The molecule has 4 heterocycles. The Morgan fingerprint density at radius 2 is 1.83 bits per heavy atom. The number of nitrogens with zero attached hydrogens (tertiary/aromatic N) is 5. The molecular formula is C23H27N5OS. The first-order valence-corrected chi connectivity index (χ1v) is 12.8. The van der Waals surface area contributed by atoms with Crippen LogP contribution in [0.25, 0.3) is 16.6 Å². The van der Waals surface area contributed by atoms with E-state index in [-0.39, 0.29) is 0 Å². The molecule has 3 aliphatic carbocycles. The Labute approximate surface area is 178 Å². The maximum atomic E-state index is 11.4. The maximum Gasteiger partial charge on any atom is 0.103 e. The van der Waals surface area contributed by atoms with Gasteiger partial charge in [-0.1, -0.05) is 12.1 Å². The van der Waals surface area contributed by atoms with E-state index in [2.05, 4.69) is 38.7 Å². The van der Waals surface area contributed by atoms with E-state index in [0.717, 1.165) is 36.2 Å². The quantitative estimate of drug-likeness (QED) is 0.650. The zero-order chi connectivity index (χ0) is 19.9. The van der Waals surface area contributed by atoms with Crippen LogP contribution in [-0.2, 0) is 16.3 Å². The Bertz CT molecular complexity index is 1130. The number of benzene rings is 1. The maximum absolute atomic E-state index is 11.4. The third kappa shape index (κ3) is 2.54. The molecule has 0 N–H and O–H groups in total. The van der Waals surface area contributed by atoms with Crippen LogP contribution in [0, 0.1) is 5.92 Å². The lowest BCUT2D eigenvalue weighted by atomic mass is 9.50. The third-order valence-electron chi connectivity index (χ3n) is 8.17. The molecule has 0 spiro atoms. The van der Waals surface area contributed by atoms with Gasteiger partial charge in [0.25, 0.3) is 0 Å². The summed E-state index contributed by atoms with van der Waals surface area (Å²) in [6, 6.07) is 7.42. The van der Waals surface area contributed by atoms with Crippen LogP contribution in [-0.4, -0.2) is 59.3 Å². The van der Waals surface area contributed by atoms with Crippen LogP contribution in [0.2, 0.25) is 0 Å². The zero-order valence-corrected chi connectivity index (χ0v) is 17.9. The van der Waals surface area contributed by atoms with E-state index in [1.165, 1.54) is 48.6 Å². The minimum Gasteiger partial charge on any atom is -0.299 e. The smallest absolute Gasteiger partial charge is 0.103 e. The van der Waals surface area contributed by atoms with Crippen molar-refractivity contribution in [3.63, 3.8) is 0 Å². The van der Waals surface area contributed by atoms with E-state index in [9.17, 15) is 4.21 Å². The van der Waals surface area contributed by atoms with Crippen LogP contribution < -0.4 is 0 Å². The molecule has 5 fully saturated rings. The summed E-state index contributed by atoms with van der Waals surface area (Å²) in [7, 11) is -0.557. The average molecular weight is 422 g/mol. The number of hydrogen-bond acceptors (Lipinski definition) is 4.